The van der Waals surface area contributed by atoms with Gasteiger partial charge in [-0.1, -0.05) is 40.5 Å². The minimum absolute atomic E-state index is 0.0870. The highest BCUT2D eigenvalue weighted by Crippen LogP contribution is 2.39. The van der Waals surface area contributed by atoms with Crippen LogP contribution in [-0.4, -0.2) is 25.3 Å². The van der Waals surface area contributed by atoms with Crippen molar-refractivity contribution in [2.45, 2.75) is 90.7 Å². The van der Waals surface area contributed by atoms with E-state index < -0.39 is 0 Å². The Morgan fingerprint density at radius 3 is 2.35 bits per heavy atom. The Labute approximate surface area is 127 Å². The highest BCUT2D eigenvalue weighted by Gasteiger charge is 2.41. The molecule has 20 heavy (non-hydrogen) atoms. The molecule has 1 aliphatic carbocycles. The summed E-state index contributed by atoms with van der Waals surface area (Å²) in [5.41, 5.74) is 0.0870. The topological polar surface area (TPSA) is 21.3 Å². The van der Waals surface area contributed by atoms with Gasteiger partial charge in [-0.2, -0.15) is 0 Å². The standard InChI is InChI=1S/C18H37NO/c1-6-8-16(4)14-17(19-13-7-2)18(20-5)11-9-15(3)10-12-18/h15-17,19H,6-14H2,1-5H3. The molecule has 1 fully saturated rings. The van der Waals surface area contributed by atoms with Crippen LogP contribution in [0.3, 0.4) is 0 Å². The molecule has 1 N–H and O–H groups in total. The normalized spacial score (nSPS) is 30.1. The molecule has 2 heteroatoms. The van der Waals surface area contributed by atoms with Crippen LogP contribution in [0.2, 0.25) is 0 Å². The van der Waals surface area contributed by atoms with E-state index in [0.717, 1.165) is 18.4 Å². The average Bonchev–Trinajstić information content (AvgIpc) is 2.45. The summed E-state index contributed by atoms with van der Waals surface area (Å²) in [4.78, 5) is 0. The maximum Gasteiger partial charge on any atom is 0.0831 e. The minimum Gasteiger partial charge on any atom is -0.377 e. The summed E-state index contributed by atoms with van der Waals surface area (Å²) in [6, 6.07) is 0.529. The van der Waals surface area contributed by atoms with Crippen molar-refractivity contribution in [2.75, 3.05) is 13.7 Å². The smallest absolute Gasteiger partial charge is 0.0831 e. The lowest BCUT2D eigenvalue weighted by Crippen LogP contribution is -2.54. The number of hydrogen-bond acceptors (Lipinski definition) is 2. The van der Waals surface area contributed by atoms with Gasteiger partial charge in [0.05, 0.1) is 5.60 Å². The largest absolute Gasteiger partial charge is 0.377 e. The van der Waals surface area contributed by atoms with Crippen LogP contribution >= 0.6 is 0 Å². The maximum absolute atomic E-state index is 6.10. The van der Waals surface area contributed by atoms with E-state index in [1.807, 2.05) is 7.11 Å². The summed E-state index contributed by atoms with van der Waals surface area (Å²) in [6.45, 7) is 10.4. The third-order valence-electron chi connectivity index (χ3n) is 5.22. The van der Waals surface area contributed by atoms with Crippen LogP contribution in [0, 0.1) is 11.8 Å². The van der Waals surface area contributed by atoms with Gasteiger partial charge >= 0.3 is 0 Å². The van der Waals surface area contributed by atoms with E-state index in [1.54, 1.807) is 0 Å². The monoisotopic (exact) mass is 283 g/mol. The summed E-state index contributed by atoms with van der Waals surface area (Å²) in [5.74, 6) is 1.67. The first-order valence-electron chi connectivity index (χ1n) is 8.86. The Morgan fingerprint density at radius 1 is 1.20 bits per heavy atom. The van der Waals surface area contributed by atoms with Crippen molar-refractivity contribution in [3.63, 3.8) is 0 Å². The van der Waals surface area contributed by atoms with Gasteiger partial charge in [0.1, 0.15) is 0 Å². The van der Waals surface area contributed by atoms with E-state index in [-0.39, 0.29) is 5.60 Å². The van der Waals surface area contributed by atoms with Crippen LogP contribution in [0.15, 0.2) is 0 Å². The molecule has 2 unspecified atom stereocenters. The molecule has 0 spiro atoms. The molecule has 0 aliphatic heterocycles. The van der Waals surface area contributed by atoms with Crippen LogP contribution in [-0.2, 0) is 4.74 Å². The lowest BCUT2D eigenvalue weighted by atomic mass is 9.73. The first kappa shape index (κ1) is 18.0. The van der Waals surface area contributed by atoms with Gasteiger partial charge in [0.2, 0.25) is 0 Å². The molecule has 0 aromatic heterocycles. The SMILES string of the molecule is CCCNC(CC(C)CCC)C1(OC)CCC(C)CC1. The Balaban J connectivity index is 2.72. The van der Waals surface area contributed by atoms with E-state index in [4.69, 9.17) is 4.74 Å². The second-order valence-corrected chi connectivity index (χ2v) is 7.09. The molecule has 0 radical (unpaired) electrons. The Bertz CT molecular complexity index is 246. The molecule has 0 amide bonds. The molecule has 0 saturated heterocycles. The Morgan fingerprint density at radius 2 is 1.85 bits per heavy atom. The van der Waals surface area contributed by atoms with E-state index >= 15 is 0 Å². The number of ether oxygens (including phenoxy) is 1. The summed E-state index contributed by atoms with van der Waals surface area (Å²) in [7, 11) is 1.93. The summed E-state index contributed by atoms with van der Waals surface area (Å²) < 4.78 is 6.10. The van der Waals surface area contributed by atoms with Crippen molar-refractivity contribution < 1.29 is 4.74 Å². The fourth-order valence-corrected chi connectivity index (χ4v) is 3.76. The number of rotatable bonds is 9. The minimum atomic E-state index is 0.0870. The highest BCUT2D eigenvalue weighted by molar-refractivity contribution is 4.97. The van der Waals surface area contributed by atoms with Crippen molar-refractivity contribution >= 4 is 0 Å². The van der Waals surface area contributed by atoms with Crippen molar-refractivity contribution in [3.8, 4) is 0 Å². The molecular formula is C18H37NO. The lowest BCUT2D eigenvalue weighted by molar-refractivity contribution is -0.0793. The molecule has 1 saturated carbocycles. The average molecular weight is 284 g/mol. The zero-order chi connectivity index (χ0) is 15.0. The third kappa shape index (κ3) is 5.04. The quantitative estimate of drug-likeness (QED) is 0.658. The van der Waals surface area contributed by atoms with Crippen LogP contribution in [0.1, 0.15) is 79.1 Å². The van der Waals surface area contributed by atoms with Crippen molar-refractivity contribution in [1.82, 2.24) is 5.32 Å². The van der Waals surface area contributed by atoms with Gasteiger partial charge in [0.15, 0.2) is 0 Å². The lowest BCUT2D eigenvalue weighted by Gasteiger charge is -2.45. The van der Waals surface area contributed by atoms with E-state index in [9.17, 15) is 0 Å². The maximum atomic E-state index is 6.10. The van der Waals surface area contributed by atoms with Crippen LogP contribution in [0.5, 0.6) is 0 Å². The van der Waals surface area contributed by atoms with Crippen molar-refractivity contribution in [3.05, 3.63) is 0 Å². The molecule has 0 heterocycles. The van der Waals surface area contributed by atoms with Crippen LogP contribution < -0.4 is 5.32 Å². The van der Waals surface area contributed by atoms with Gasteiger partial charge < -0.3 is 10.1 Å². The van der Waals surface area contributed by atoms with Gasteiger partial charge in [-0.3, -0.25) is 0 Å². The molecule has 2 nitrogen and oxygen atoms in total. The molecule has 1 aliphatic rings. The van der Waals surface area contributed by atoms with Gasteiger partial charge in [-0.15, -0.1) is 0 Å². The Kier molecular flexibility index (Phi) is 8.13. The fraction of sp³-hybridized carbons (Fsp3) is 1.00. The fourth-order valence-electron chi connectivity index (χ4n) is 3.76. The second kappa shape index (κ2) is 9.04. The Hall–Kier alpha value is -0.0800. The molecule has 0 bridgehead atoms. The van der Waals surface area contributed by atoms with Crippen LogP contribution in [0.4, 0.5) is 0 Å². The summed E-state index contributed by atoms with van der Waals surface area (Å²) >= 11 is 0. The number of hydrogen-bond donors (Lipinski definition) is 1. The van der Waals surface area contributed by atoms with Gasteiger partial charge in [-0.25, -0.2) is 0 Å². The van der Waals surface area contributed by atoms with Crippen molar-refractivity contribution in [2.24, 2.45) is 11.8 Å². The van der Waals surface area contributed by atoms with E-state index in [2.05, 4.69) is 33.0 Å². The summed E-state index contributed by atoms with van der Waals surface area (Å²) in [5, 5.41) is 3.81. The van der Waals surface area contributed by atoms with Crippen molar-refractivity contribution in [1.29, 1.82) is 0 Å². The van der Waals surface area contributed by atoms with E-state index in [0.29, 0.717) is 6.04 Å². The number of nitrogens with one attached hydrogen (secondary N) is 1. The second-order valence-electron chi connectivity index (χ2n) is 7.09. The predicted octanol–water partition coefficient (Wildman–Crippen LogP) is 4.78. The first-order chi connectivity index (χ1) is 9.57. The first-order valence-corrected chi connectivity index (χ1v) is 8.86. The number of methoxy groups -OCH3 is 1. The highest BCUT2D eigenvalue weighted by atomic mass is 16.5. The molecule has 120 valence electrons. The molecule has 0 aromatic carbocycles. The zero-order valence-electron chi connectivity index (χ0n) is 14.5. The zero-order valence-corrected chi connectivity index (χ0v) is 14.5. The third-order valence-corrected chi connectivity index (χ3v) is 5.22. The van der Waals surface area contributed by atoms with Gasteiger partial charge in [0.25, 0.3) is 0 Å². The van der Waals surface area contributed by atoms with Gasteiger partial charge in [0, 0.05) is 13.2 Å². The molecule has 2 atom stereocenters. The summed E-state index contributed by atoms with van der Waals surface area (Å²) in [6.07, 6.45) is 10.2. The molecular weight excluding hydrogens is 246 g/mol. The predicted molar refractivity (Wildman–Crippen MR) is 88.1 cm³/mol. The van der Waals surface area contributed by atoms with Gasteiger partial charge in [-0.05, 0) is 56.9 Å². The molecule has 0 aromatic rings. The van der Waals surface area contributed by atoms with Crippen LogP contribution in [0.25, 0.3) is 0 Å². The van der Waals surface area contributed by atoms with E-state index in [1.165, 1.54) is 51.4 Å². The molecule has 1 rings (SSSR count).